The van der Waals surface area contributed by atoms with Gasteiger partial charge in [0.15, 0.2) is 0 Å². The summed E-state index contributed by atoms with van der Waals surface area (Å²) in [5.74, 6) is 0. The lowest BCUT2D eigenvalue weighted by molar-refractivity contribution is 0.399. The molecule has 0 spiro atoms. The van der Waals surface area contributed by atoms with Crippen molar-refractivity contribution in [2.45, 2.75) is 39.8 Å². The Bertz CT molecular complexity index is 587. The summed E-state index contributed by atoms with van der Waals surface area (Å²) in [4.78, 5) is 12.5. The number of hydrogen-bond acceptors (Lipinski definition) is 6. The first-order chi connectivity index (χ1) is 9.33. The Morgan fingerprint density at radius 2 is 2.00 bits per heavy atom. The van der Waals surface area contributed by atoms with Crippen LogP contribution in [0.5, 0.6) is 12.0 Å². The molecular weight excluding hydrogens is 256 g/mol. The molecule has 0 aliphatic carbocycles. The first-order valence-corrected chi connectivity index (χ1v) is 6.44. The number of nitrogens with one attached hydrogen (secondary N) is 1. The molecule has 2 aromatic heterocycles. The van der Waals surface area contributed by atoms with Crippen molar-refractivity contribution in [1.29, 1.82) is 0 Å². The summed E-state index contributed by atoms with van der Waals surface area (Å²) in [6.07, 6.45) is 3.32. The minimum absolute atomic E-state index is 0.0550. The van der Waals surface area contributed by atoms with Gasteiger partial charge in [0.25, 0.3) is 0 Å². The Kier molecular flexibility index (Phi) is 3.99. The third-order valence-corrected chi connectivity index (χ3v) is 2.63. The Labute approximate surface area is 118 Å². The number of ether oxygens (including phenoxy) is 1. The molecule has 0 bridgehead atoms. The molecular formula is C13H20N6O. The molecule has 0 amide bonds. The van der Waals surface area contributed by atoms with E-state index in [1.807, 2.05) is 6.92 Å². The van der Waals surface area contributed by atoms with Gasteiger partial charge in [0.2, 0.25) is 0 Å². The third-order valence-electron chi connectivity index (χ3n) is 2.63. The maximum absolute atomic E-state index is 5.39. The molecule has 0 aliphatic rings. The topological polar surface area (TPSA) is 77.8 Å². The van der Waals surface area contributed by atoms with Crippen LogP contribution in [0.4, 0.5) is 0 Å². The standard InChI is InChI=1S/C13H20N6O/c1-9-10(7-16-13(2,3)4)6-14-11(17-9)20-12-15-8-19(5)18-12/h6,8,16H,7H2,1-5H3. The highest BCUT2D eigenvalue weighted by atomic mass is 16.5. The molecule has 1 N–H and O–H groups in total. The van der Waals surface area contributed by atoms with E-state index < -0.39 is 0 Å². The van der Waals surface area contributed by atoms with Crippen molar-refractivity contribution < 1.29 is 4.74 Å². The van der Waals surface area contributed by atoms with Gasteiger partial charge < -0.3 is 10.1 Å². The van der Waals surface area contributed by atoms with Crippen molar-refractivity contribution in [3.63, 3.8) is 0 Å². The second kappa shape index (κ2) is 5.54. The number of nitrogens with zero attached hydrogens (tertiary/aromatic N) is 5. The minimum Gasteiger partial charge on any atom is -0.387 e. The number of aryl methyl sites for hydroxylation is 2. The van der Waals surface area contributed by atoms with Crippen LogP contribution in [0, 0.1) is 6.92 Å². The fourth-order valence-electron chi connectivity index (χ4n) is 1.50. The van der Waals surface area contributed by atoms with Gasteiger partial charge in [0.1, 0.15) is 6.33 Å². The molecule has 0 radical (unpaired) electrons. The van der Waals surface area contributed by atoms with E-state index in [1.165, 1.54) is 0 Å². The van der Waals surface area contributed by atoms with Gasteiger partial charge >= 0.3 is 12.0 Å². The fourth-order valence-corrected chi connectivity index (χ4v) is 1.50. The van der Waals surface area contributed by atoms with Crippen molar-refractivity contribution in [2.24, 2.45) is 7.05 Å². The van der Waals surface area contributed by atoms with Crippen LogP contribution in [-0.2, 0) is 13.6 Å². The van der Waals surface area contributed by atoms with Crippen LogP contribution in [0.3, 0.4) is 0 Å². The Morgan fingerprint density at radius 3 is 2.55 bits per heavy atom. The van der Waals surface area contributed by atoms with E-state index in [4.69, 9.17) is 4.74 Å². The first-order valence-electron chi connectivity index (χ1n) is 6.44. The molecule has 7 heteroatoms. The maximum Gasteiger partial charge on any atom is 0.343 e. The van der Waals surface area contributed by atoms with Gasteiger partial charge in [0.05, 0.1) is 0 Å². The monoisotopic (exact) mass is 276 g/mol. The lowest BCUT2D eigenvalue weighted by Crippen LogP contribution is -2.35. The molecule has 0 atom stereocenters. The van der Waals surface area contributed by atoms with Crippen LogP contribution in [-0.4, -0.2) is 30.3 Å². The average molecular weight is 276 g/mol. The lowest BCUT2D eigenvalue weighted by Gasteiger charge is -2.20. The highest BCUT2D eigenvalue weighted by Crippen LogP contribution is 2.14. The predicted octanol–water partition coefficient (Wildman–Crippen LogP) is 1.59. The SMILES string of the molecule is Cc1nc(Oc2ncn(C)n2)ncc1CNC(C)(C)C. The van der Waals surface area contributed by atoms with Crippen LogP contribution < -0.4 is 10.1 Å². The van der Waals surface area contributed by atoms with Crippen molar-refractivity contribution in [3.05, 3.63) is 23.8 Å². The summed E-state index contributed by atoms with van der Waals surface area (Å²) < 4.78 is 6.95. The molecule has 0 unspecified atom stereocenters. The van der Waals surface area contributed by atoms with Crippen LogP contribution in [0.1, 0.15) is 32.0 Å². The molecule has 0 saturated carbocycles. The quantitative estimate of drug-likeness (QED) is 0.913. The van der Waals surface area contributed by atoms with E-state index in [9.17, 15) is 0 Å². The molecule has 2 rings (SSSR count). The molecule has 7 nitrogen and oxygen atoms in total. The summed E-state index contributed by atoms with van der Waals surface area (Å²) in [6.45, 7) is 9.01. The summed E-state index contributed by atoms with van der Waals surface area (Å²) in [6, 6.07) is 0.501. The summed E-state index contributed by atoms with van der Waals surface area (Å²) in [5.41, 5.74) is 1.98. The van der Waals surface area contributed by atoms with E-state index in [-0.39, 0.29) is 17.6 Å². The first kappa shape index (κ1) is 14.4. The lowest BCUT2D eigenvalue weighted by atomic mass is 10.1. The second-order valence-corrected chi connectivity index (χ2v) is 5.67. The normalized spacial score (nSPS) is 11.7. The van der Waals surface area contributed by atoms with Crippen LogP contribution in [0.2, 0.25) is 0 Å². The molecule has 2 aromatic rings. The fraction of sp³-hybridized carbons (Fsp3) is 0.538. The number of hydrogen-bond donors (Lipinski definition) is 1. The predicted molar refractivity (Wildman–Crippen MR) is 74.4 cm³/mol. The van der Waals surface area contributed by atoms with E-state index in [1.54, 1.807) is 24.3 Å². The Hall–Kier alpha value is -2.02. The third kappa shape index (κ3) is 3.99. The highest BCUT2D eigenvalue weighted by molar-refractivity contribution is 5.19. The van der Waals surface area contributed by atoms with Crippen LogP contribution in [0.25, 0.3) is 0 Å². The van der Waals surface area contributed by atoms with E-state index >= 15 is 0 Å². The molecule has 0 aliphatic heterocycles. The molecule has 0 fully saturated rings. The zero-order chi connectivity index (χ0) is 14.8. The maximum atomic E-state index is 5.39. The zero-order valence-electron chi connectivity index (χ0n) is 12.5. The van der Waals surface area contributed by atoms with E-state index in [0.29, 0.717) is 0 Å². The van der Waals surface area contributed by atoms with Gasteiger partial charge in [-0.05, 0) is 27.7 Å². The van der Waals surface area contributed by atoms with Gasteiger partial charge in [-0.15, -0.1) is 5.10 Å². The van der Waals surface area contributed by atoms with Gasteiger partial charge in [-0.1, -0.05) is 0 Å². The van der Waals surface area contributed by atoms with Gasteiger partial charge in [-0.3, -0.25) is 4.68 Å². The van der Waals surface area contributed by atoms with Gasteiger partial charge in [-0.2, -0.15) is 9.97 Å². The van der Waals surface area contributed by atoms with Gasteiger partial charge in [0, 0.05) is 36.6 Å². The van der Waals surface area contributed by atoms with Crippen molar-refractivity contribution >= 4 is 0 Å². The van der Waals surface area contributed by atoms with Crippen LogP contribution in [0.15, 0.2) is 12.5 Å². The largest absolute Gasteiger partial charge is 0.387 e. The Balaban J connectivity index is 2.05. The van der Waals surface area contributed by atoms with Crippen molar-refractivity contribution in [1.82, 2.24) is 30.0 Å². The second-order valence-electron chi connectivity index (χ2n) is 5.67. The number of rotatable bonds is 4. The Morgan fingerprint density at radius 1 is 1.25 bits per heavy atom. The minimum atomic E-state index is 0.0550. The van der Waals surface area contributed by atoms with Crippen LogP contribution >= 0.6 is 0 Å². The highest BCUT2D eigenvalue weighted by Gasteiger charge is 2.12. The molecule has 108 valence electrons. The molecule has 2 heterocycles. The molecule has 20 heavy (non-hydrogen) atoms. The summed E-state index contributed by atoms with van der Waals surface area (Å²) >= 11 is 0. The number of aromatic nitrogens is 5. The summed E-state index contributed by atoms with van der Waals surface area (Å²) in [7, 11) is 1.77. The van der Waals surface area contributed by atoms with E-state index in [2.05, 4.69) is 46.1 Å². The van der Waals surface area contributed by atoms with E-state index in [0.717, 1.165) is 17.8 Å². The molecule has 0 saturated heterocycles. The van der Waals surface area contributed by atoms with Crippen molar-refractivity contribution in [2.75, 3.05) is 0 Å². The smallest absolute Gasteiger partial charge is 0.343 e. The summed E-state index contributed by atoms with van der Waals surface area (Å²) in [5, 5.41) is 7.42. The molecule has 0 aromatic carbocycles. The van der Waals surface area contributed by atoms with Gasteiger partial charge in [-0.25, -0.2) is 4.98 Å². The zero-order valence-corrected chi connectivity index (χ0v) is 12.5. The average Bonchev–Trinajstić information content (AvgIpc) is 2.72. The van der Waals surface area contributed by atoms with Crippen molar-refractivity contribution in [3.8, 4) is 12.0 Å².